The lowest BCUT2D eigenvalue weighted by Gasteiger charge is -2.07. The monoisotopic (exact) mass is 218 g/mol. The summed E-state index contributed by atoms with van der Waals surface area (Å²) in [6.07, 6.45) is 0. The Kier molecular flexibility index (Phi) is 3.41. The highest BCUT2D eigenvalue weighted by Gasteiger charge is 2.00. The van der Waals surface area contributed by atoms with Crippen LogP contribution in [-0.4, -0.2) is 29.1 Å². The molecular weight excluding hydrogens is 200 g/mol. The van der Waals surface area contributed by atoms with Gasteiger partial charge in [0.25, 0.3) is 0 Å². The predicted molar refractivity (Wildman–Crippen MR) is 67.7 cm³/mol. The summed E-state index contributed by atoms with van der Waals surface area (Å²) in [5.41, 5.74) is 2.07. The number of nitrogens with one attached hydrogen (secondary N) is 3. The van der Waals surface area contributed by atoms with Crippen LogP contribution in [0.25, 0.3) is 11.0 Å². The number of imidazole rings is 1. The average molecular weight is 218 g/mol. The smallest absolute Gasteiger partial charge is 0.201 e. The Morgan fingerprint density at radius 2 is 2.06 bits per heavy atom. The lowest BCUT2D eigenvalue weighted by Crippen LogP contribution is -2.28. The average Bonchev–Trinajstić information content (AvgIpc) is 2.66. The number of nitrogens with zero attached hydrogens (tertiary/aromatic N) is 1. The van der Waals surface area contributed by atoms with Crippen molar-refractivity contribution in [3.63, 3.8) is 0 Å². The van der Waals surface area contributed by atoms with Crippen molar-refractivity contribution in [3.05, 3.63) is 24.3 Å². The second kappa shape index (κ2) is 4.99. The first-order valence-electron chi connectivity index (χ1n) is 5.68. The van der Waals surface area contributed by atoms with Crippen LogP contribution in [0, 0.1) is 0 Å². The van der Waals surface area contributed by atoms with E-state index in [1.165, 1.54) is 0 Å². The van der Waals surface area contributed by atoms with Crippen molar-refractivity contribution in [3.8, 4) is 0 Å². The number of aromatic amines is 1. The molecule has 16 heavy (non-hydrogen) atoms. The molecular formula is C12H18N4. The fourth-order valence-electron chi connectivity index (χ4n) is 1.58. The van der Waals surface area contributed by atoms with Gasteiger partial charge >= 0.3 is 0 Å². The Bertz CT molecular complexity index is 414. The minimum Gasteiger partial charge on any atom is -0.355 e. The van der Waals surface area contributed by atoms with Gasteiger partial charge in [0.2, 0.25) is 5.95 Å². The minimum atomic E-state index is 0.525. The van der Waals surface area contributed by atoms with Gasteiger partial charge in [-0.2, -0.15) is 0 Å². The van der Waals surface area contributed by atoms with Gasteiger partial charge in [-0.15, -0.1) is 0 Å². The minimum absolute atomic E-state index is 0.525. The summed E-state index contributed by atoms with van der Waals surface area (Å²) >= 11 is 0. The van der Waals surface area contributed by atoms with Crippen molar-refractivity contribution in [2.45, 2.75) is 19.9 Å². The molecule has 1 aromatic heterocycles. The van der Waals surface area contributed by atoms with Gasteiger partial charge in [0.05, 0.1) is 11.0 Å². The summed E-state index contributed by atoms with van der Waals surface area (Å²) in [6, 6.07) is 8.55. The maximum atomic E-state index is 4.43. The molecule has 0 bridgehead atoms. The zero-order chi connectivity index (χ0) is 11.4. The quantitative estimate of drug-likeness (QED) is 0.673. The third kappa shape index (κ3) is 2.73. The van der Waals surface area contributed by atoms with Crippen LogP contribution in [0.5, 0.6) is 0 Å². The van der Waals surface area contributed by atoms with Crippen molar-refractivity contribution in [2.75, 3.05) is 18.4 Å². The van der Waals surface area contributed by atoms with Crippen LogP contribution in [0.1, 0.15) is 13.8 Å². The van der Waals surface area contributed by atoms with Crippen LogP contribution in [0.3, 0.4) is 0 Å². The molecule has 0 spiro atoms. The number of H-pyrrole nitrogens is 1. The summed E-state index contributed by atoms with van der Waals surface area (Å²) < 4.78 is 0. The molecule has 0 unspecified atom stereocenters. The number of benzene rings is 1. The molecule has 1 aromatic carbocycles. The number of fused-ring (bicyclic) bond motifs is 1. The first-order chi connectivity index (χ1) is 7.75. The van der Waals surface area contributed by atoms with Crippen LogP contribution >= 0.6 is 0 Å². The largest absolute Gasteiger partial charge is 0.355 e. The maximum absolute atomic E-state index is 4.43. The molecule has 0 saturated heterocycles. The van der Waals surface area contributed by atoms with E-state index in [0.29, 0.717) is 6.04 Å². The fraction of sp³-hybridized carbons (Fsp3) is 0.417. The van der Waals surface area contributed by atoms with Gasteiger partial charge in [-0.25, -0.2) is 4.98 Å². The van der Waals surface area contributed by atoms with E-state index in [2.05, 4.69) is 34.4 Å². The summed E-state index contributed by atoms with van der Waals surface area (Å²) in [5.74, 6) is 0.840. The molecule has 2 aromatic rings. The highest BCUT2D eigenvalue weighted by Crippen LogP contribution is 2.12. The normalized spacial score (nSPS) is 11.2. The zero-order valence-electron chi connectivity index (χ0n) is 9.75. The SMILES string of the molecule is CC(C)NCCNc1nc2ccccc2[nH]1. The molecule has 0 fully saturated rings. The summed E-state index contributed by atoms with van der Waals surface area (Å²) in [4.78, 5) is 7.67. The third-order valence-electron chi connectivity index (χ3n) is 2.36. The van der Waals surface area contributed by atoms with Gasteiger partial charge in [0.1, 0.15) is 0 Å². The van der Waals surface area contributed by atoms with Crippen molar-refractivity contribution >= 4 is 17.0 Å². The van der Waals surface area contributed by atoms with E-state index in [1.807, 2.05) is 24.3 Å². The molecule has 3 N–H and O–H groups in total. The molecule has 0 atom stereocenters. The molecule has 0 aliphatic rings. The first-order valence-corrected chi connectivity index (χ1v) is 5.68. The molecule has 86 valence electrons. The predicted octanol–water partition coefficient (Wildman–Crippen LogP) is 1.97. The van der Waals surface area contributed by atoms with Gasteiger partial charge in [-0.1, -0.05) is 26.0 Å². The van der Waals surface area contributed by atoms with Crippen LogP contribution in [-0.2, 0) is 0 Å². The van der Waals surface area contributed by atoms with Crippen molar-refractivity contribution in [1.82, 2.24) is 15.3 Å². The molecule has 0 amide bonds. The van der Waals surface area contributed by atoms with Crippen molar-refractivity contribution in [1.29, 1.82) is 0 Å². The van der Waals surface area contributed by atoms with E-state index in [1.54, 1.807) is 0 Å². The van der Waals surface area contributed by atoms with Gasteiger partial charge in [0.15, 0.2) is 0 Å². The molecule has 1 heterocycles. The zero-order valence-corrected chi connectivity index (χ0v) is 9.75. The molecule has 0 radical (unpaired) electrons. The second-order valence-corrected chi connectivity index (χ2v) is 4.14. The van der Waals surface area contributed by atoms with Gasteiger partial charge in [0, 0.05) is 19.1 Å². The Labute approximate surface area is 95.5 Å². The standard InChI is InChI=1S/C12H18N4/c1-9(2)13-7-8-14-12-15-10-5-3-4-6-11(10)16-12/h3-6,9,13H,7-8H2,1-2H3,(H2,14,15,16). The van der Waals surface area contributed by atoms with Gasteiger partial charge in [-0.3, -0.25) is 0 Å². The van der Waals surface area contributed by atoms with Crippen LogP contribution in [0.15, 0.2) is 24.3 Å². The van der Waals surface area contributed by atoms with Crippen LogP contribution in [0.2, 0.25) is 0 Å². The molecule has 0 saturated carbocycles. The Morgan fingerprint density at radius 1 is 1.25 bits per heavy atom. The molecule has 2 rings (SSSR count). The maximum Gasteiger partial charge on any atom is 0.201 e. The fourth-order valence-corrected chi connectivity index (χ4v) is 1.58. The van der Waals surface area contributed by atoms with Crippen LogP contribution in [0.4, 0.5) is 5.95 Å². The Balaban J connectivity index is 1.89. The van der Waals surface area contributed by atoms with E-state index >= 15 is 0 Å². The summed E-state index contributed by atoms with van der Waals surface area (Å²) in [5, 5.41) is 6.61. The topological polar surface area (TPSA) is 52.7 Å². The summed E-state index contributed by atoms with van der Waals surface area (Å²) in [6.45, 7) is 6.09. The lowest BCUT2D eigenvalue weighted by atomic mass is 10.3. The third-order valence-corrected chi connectivity index (χ3v) is 2.36. The van der Waals surface area contributed by atoms with Gasteiger partial charge in [-0.05, 0) is 12.1 Å². The number of para-hydroxylation sites is 2. The van der Waals surface area contributed by atoms with E-state index < -0.39 is 0 Å². The first kappa shape index (κ1) is 11.0. The number of hydrogen-bond acceptors (Lipinski definition) is 3. The number of rotatable bonds is 5. The second-order valence-electron chi connectivity index (χ2n) is 4.14. The van der Waals surface area contributed by atoms with Crippen molar-refractivity contribution in [2.24, 2.45) is 0 Å². The van der Waals surface area contributed by atoms with E-state index in [9.17, 15) is 0 Å². The lowest BCUT2D eigenvalue weighted by molar-refractivity contribution is 0.602. The molecule has 4 heteroatoms. The number of hydrogen-bond donors (Lipinski definition) is 3. The highest BCUT2D eigenvalue weighted by atomic mass is 15.1. The van der Waals surface area contributed by atoms with E-state index in [4.69, 9.17) is 0 Å². The van der Waals surface area contributed by atoms with Gasteiger partial charge < -0.3 is 15.6 Å². The van der Waals surface area contributed by atoms with E-state index in [-0.39, 0.29) is 0 Å². The number of anilines is 1. The molecule has 0 aliphatic carbocycles. The Morgan fingerprint density at radius 3 is 2.81 bits per heavy atom. The molecule has 4 nitrogen and oxygen atoms in total. The van der Waals surface area contributed by atoms with E-state index in [0.717, 1.165) is 30.1 Å². The van der Waals surface area contributed by atoms with Crippen LogP contribution < -0.4 is 10.6 Å². The Hall–Kier alpha value is -1.55. The van der Waals surface area contributed by atoms with Crippen molar-refractivity contribution < 1.29 is 0 Å². The summed E-state index contributed by atoms with van der Waals surface area (Å²) in [7, 11) is 0. The molecule has 0 aliphatic heterocycles. The highest BCUT2D eigenvalue weighted by molar-refractivity contribution is 5.77. The number of aromatic nitrogens is 2.